The number of unbranched alkanes of at least 4 members (excludes halogenated alkanes) is 1. The molecule has 1 aliphatic rings. The molecular weight excluding hydrogens is 472 g/mol. The van der Waals surface area contributed by atoms with Crippen LogP contribution >= 0.6 is 0 Å². The van der Waals surface area contributed by atoms with Gasteiger partial charge in [-0.2, -0.15) is 0 Å². The van der Waals surface area contributed by atoms with Gasteiger partial charge >= 0.3 is 6.09 Å². The van der Waals surface area contributed by atoms with Gasteiger partial charge in [0, 0.05) is 19.0 Å². The van der Waals surface area contributed by atoms with E-state index < -0.39 is 35.6 Å². The lowest BCUT2D eigenvalue weighted by atomic mass is 9.87. The highest BCUT2D eigenvalue weighted by atomic mass is 16.6. The van der Waals surface area contributed by atoms with Crippen LogP contribution in [0.5, 0.6) is 0 Å². The van der Waals surface area contributed by atoms with Crippen molar-refractivity contribution in [3.63, 3.8) is 0 Å². The van der Waals surface area contributed by atoms with Crippen LogP contribution < -0.4 is 16.4 Å². The second-order valence-electron chi connectivity index (χ2n) is 10.9. The van der Waals surface area contributed by atoms with Gasteiger partial charge in [0.25, 0.3) is 0 Å². The predicted molar refractivity (Wildman–Crippen MR) is 143 cm³/mol. The molecule has 0 radical (unpaired) electrons. The van der Waals surface area contributed by atoms with Gasteiger partial charge in [0.1, 0.15) is 17.7 Å². The highest BCUT2D eigenvalue weighted by molar-refractivity contribution is 5.93. The zero-order valence-corrected chi connectivity index (χ0v) is 23.2. The van der Waals surface area contributed by atoms with E-state index in [0.29, 0.717) is 6.54 Å². The summed E-state index contributed by atoms with van der Waals surface area (Å²) in [6.07, 6.45) is 3.35. The summed E-state index contributed by atoms with van der Waals surface area (Å²) in [7, 11) is 0. The average molecular weight is 517 g/mol. The number of carbonyl (C=O) groups is 4. The zero-order valence-electron chi connectivity index (χ0n) is 23.2. The number of hydrogen-bond acceptors (Lipinski definition) is 5. The first-order valence-electron chi connectivity index (χ1n) is 13.3. The largest absolute Gasteiger partial charge is 0.444 e. The van der Waals surface area contributed by atoms with E-state index in [0.717, 1.165) is 48.8 Å². The standard InChI is InChI=1S/C28H44N4O5/c1-7-8-16-30-25(34)24(21-13-12-18(2)17-19(21)3)32(20-10-9-11-20)26(35)22(14-15-23(29)33)31-27(36)37-28(4,5)6/h12-13,17,20,22,24H,7-11,14-16H2,1-6H3,(H2,29,33)(H,30,34)(H,31,36). The molecule has 1 saturated carbocycles. The molecule has 9 heteroatoms. The summed E-state index contributed by atoms with van der Waals surface area (Å²) >= 11 is 0. The molecule has 2 rings (SSSR count). The van der Waals surface area contributed by atoms with Crippen LogP contribution in [0.25, 0.3) is 0 Å². The maximum Gasteiger partial charge on any atom is 0.408 e. The van der Waals surface area contributed by atoms with Crippen molar-refractivity contribution in [3.8, 4) is 0 Å². The molecule has 0 spiro atoms. The Balaban J connectivity index is 2.50. The third-order valence-electron chi connectivity index (χ3n) is 6.47. The Morgan fingerprint density at radius 2 is 1.84 bits per heavy atom. The van der Waals surface area contributed by atoms with Crippen molar-refractivity contribution in [2.75, 3.05) is 6.54 Å². The van der Waals surface area contributed by atoms with Crippen molar-refractivity contribution < 1.29 is 23.9 Å². The Labute approximate surface area is 220 Å². The predicted octanol–water partition coefficient (Wildman–Crippen LogP) is 3.80. The summed E-state index contributed by atoms with van der Waals surface area (Å²) in [6.45, 7) is 11.6. The molecule has 37 heavy (non-hydrogen) atoms. The molecule has 1 aromatic rings. The fourth-order valence-electron chi connectivity index (χ4n) is 4.39. The van der Waals surface area contributed by atoms with Crippen LogP contribution in [0, 0.1) is 13.8 Å². The molecule has 0 heterocycles. The first-order valence-corrected chi connectivity index (χ1v) is 13.3. The van der Waals surface area contributed by atoms with E-state index in [2.05, 4.69) is 10.6 Å². The second kappa shape index (κ2) is 13.4. The number of nitrogens with zero attached hydrogens (tertiary/aromatic N) is 1. The van der Waals surface area contributed by atoms with Gasteiger partial charge in [0.2, 0.25) is 17.7 Å². The number of carbonyl (C=O) groups excluding carboxylic acids is 4. The van der Waals surface area contributed by atoms with Gasteiger partial charge in [-0.15, -0.1) is 0 Å². The van der Waals surface area contributed by atoms with E-state index >= 15 is 0 Å². The van der Waals surface area contributed by atoms with Crippen molar-refractivity contribution in [2.45, 2.75) is 110 Å². The molecule has 1 fully saturated rings. The molecule has 0 bridgehead atoms. The third kappa shape index (κ3) is 9.05. The lowest BCUT2D eigenvalue weighted by Gasteiger charge is -2.44. The SMILES string of the molecule is CCCCNC(=O)C(c1ccc(C)cc1C)N(C(=O)C(CCC(N)=O)NC(=O)OC(C)(C)C)C1CCC1. The summed E-state index contributed by atoms with van der Waals surface area (Å²) < 4.78 is 5.38. The molecule has 2 unspecified atom stereocenters. The minimum Gasteiger partial charge on any atom is -0.444 e. The minimum absolute atomic E-state index is 0.00762. The average Bonchev–Trinajstić information content (AvgIpc) is 2.74. The third-order valence-corrected chi connectivity index (χ3v) is 6.47. The summed E-state index contributed by atoms with van der Waals surface area (Å²) in [4.78, 5) is 53.6. The van der Waals surface area contributed by atoms with Crippen LogP contribution in [-0.4, -0.2) is 52.9 Å². The van der Waals surface area contributed by atoms with Crippen molar-refractivity contribution in [1.29, 1.82) is 0 Å². The van der Waals surface area contributed by atoms with E-state index in [9.17, 15) is 19.2 Å². The van der Waals surface area contributed by atoms with Gasteiger partial charge in [-0.3, -0.25) is 14.4 Å². The molecular formula is C28H44N4O5. The number of rotatable bonds is 12. The molecule has 0 aliphatic heterocycles. The quantitative estimate of drug-likeness (QED) is 0.364. The number of primary amides is 1. The van der Waals surface area contributed by atoms with Gasteiger partial charge in [-0.1, -0.05) is 37.1 Å². The highest BCUT2D eigenvalue weighted by Gasteiger charge is 2.42. The van der Waals surface area contributed by atoms with E-state index in [4.69, 9.17) is 10.5 Å². The topological polar surface area (TPSA) is 131 Å². The Hall–Kier alpha value is -3.10. The Bertz CT molecular complexity index is 968. The molecule has 1 aromatic carbocycles. The Kier molecular flexibility index (Phi) is 10.9. The van der Waals surface area contributed by atoms with Crippen LogP contribution in [0.1, 0.15) is 95.4 Å². The van der Waals surface area contributed by atoms with E-state index in [1.54, 1.807) is 25.7 Å². The summed E-state index contributed by atoms with van der Waals surface area (Å²) in [5.74, 6) is -1.26. The normalized spacial score (nSPS) is 15.2. The van der Waals surface area contributed by atoms with Crippen LogP contribution in [0.4, 0.5) is 4.79 Å². The monoisotopic (exact) mass is 516 g/mol. The maximum atomic E-state index is 14.1. The molecule has 4 amide bonds. The molecule has 206 valence electrons. The molecule has 4 N–H and O–H groups in total. The number of nitrogens with one attached hydrogen (secondary N) is 2. The number of nitrogens with two attached hydrogens (primary N) is 1. The van der Waals surface area contributed by atoms with Crippen LogP contribution in [0.3, 0.4) is 0 Å². The van der Waals surface area contributed by atoms with E-state index in [1.807, 2.05) is 39.0 Å². The number of hydrogen-bond donors (Lipinski definition) is 3. The lowest BCUT2D eigenvalue weighted by Crippen LogP contribution is -2.57. The number of ether oxygens (including phenoxy) is 1. The maximum absolute atomic E-state index is 14.1. The van der Waals surface area contributed by atoms with Gasteiger partial charge in [-0.05, 0) is 77.8 Å². The van der Waals surface area contributed by atoms with E-state index in [1.165, 1.54) is 0 Å². The smallest absolute Gasteiger partial charge is 0.408 e. The van der Waals surface area contributed by atoms with Crippen LogP contribution in [0.15, 0.2) is 18.2 Å². The van der Waals surface area contributed by atoms with Crippen LogP contribution in [0.2, 0.25) is 0 Å². The lowest BCUT2D eigenvalue weighted by molar-refractivity contribution is -0.147. The van der Waals surface area contributed by atoms with Gasteiger partial charge in [0.15, 0.2) is 0 Å². The highest BCUT2D eigenvalue weighted by Crippen LogP contribution is 2.35. The van der Waals surface area contributed by atoms with Crippen molar-refractivity contribution in [1.82, 2.24) is 15.5 Å². The molecule has 2 atom stereocenters. The second-order valence-corrected chi connectivity index (χ2v) is 10.9. The first-order chi connectivity index (χ1) is 17.3. The molecule has 0 saturated heterocycles. The summed E-state index contributed by atoms with van der Waals surface area (Å²) in [5, 5.41) is 5.65. The van der Waals surface area contributed by atoms with Gasteiger partial charge in [-0.25, -0.2) is 4.79 Å². The van der Waals surface area contributed by atoms with Gasteiger partial charge < -0.3 is 26.0 Å². The summed E-state index contributed by atoms with van der Waals surface area (Å²) in [5.41, 5.74) is 7.31. The number of amides is 4. The summed E-state index contributed by atoms with van der Waals surface area (Å²) in [6, 6.07) is 3.72. The number of aryl methyl sites for hydroxylation is 2. The number of benzene rings is 1. The molecule has 9 nitrogen and oxygen atoms in total. The molecule has 0 aromatic heterocycles. The number of alkyl carbamates (subject to hydrolysis) is 1. The first kappa shape index (κ1) is 30.1. The molecule has 1 aliphatic carbocycles. The minimum atomic E-state index is -1.07. The zero-order chi connectivity index (χ0) is 27.8. The van der Waals surface area contributed by atoms with Crippen molar-refractivity contribution in [3.05, 3.63) is 34.9 Å². The Morgan fingerprint density at radius 1 is 1.16 bits per heavy atom. The van der Waals surface area contributed by atoms with Gasteiger partial charge in [0.05, 0.1) is 0 Å². The fraction of sp³-hybridized carbons (Fsp3) is 0.643. The van der Waals surface area contributed by atoms with E-state index in [-0.39, 0.29) is 24.8 Å². The fourth-order valence-corrected chi connectivity index (χ4v) is 4.39. The van der Waals surface area contributed by atoms with Crippen LogP contribution in [-0.2, 0) is 19.1 Å². The van der Waals surface area contributed by atoms with Crippen molar-refractivity contribution in [2.24, 2.45) is 5.73 Å². The van der Waals surface area contributed by atoms with Crippen molar-refractivity contribution >= 4 is 23.8 Å². The Morgan fingerprint density at radius 3 is 2.35 bits per heavy atom.